The highest BCUT2D eigenvalue weighted by atomic mass is 32.1. The minimum Gasteiger partial charge on any atom is -0.326 e. The Hall–Kier alpha value is -2.40. The van der Waals surface area contributed by atoms with Crippen molar-refractivity contribution < 1.29 is 9.59 Å². The van der Waals surface area contributed by atoms with Crippen LogP contribution in [0, 0.1) is 5.92 Å². The minimum atomic E-state index is -0.185. The zero-order chi connectivity index (χ0) is 16.7. The van der Waals surface area contributed by atoms with Gasteiger partial charge in [-0.25, -0.2) is 0 Å². The van der Waals surface area contributed by atoms with Gasteiger partial charge in [-0.15, -0.1) is 11.3 Å². The molecule has 0 aliphatic carbocycles. The first kappa shape index (κ1) is 17.0. The van der Waals surface area contributed by atoms with Gasteiger partial charge in [0.1, 0.15) is 0 Å². The standard InChI is InChI=1S/C18H20N2O2S/c1-13(2)12-18(22)20-15-7-5-14(6-8-15)19-17(21)10-9-16-4-3-11-23-16/h3-11,13H,12H2,1-2H3,(H,19,21)(H,20,22)/b10-9+. The Balaban J connectivity index is 1.87. The summed E-state index contributed by atoms with van der Waals surface area (Å²) >= 11 is 1.58. The fourth-order valence-electron chi connectivity index (χ4n) is 1.95. The normalized spacial score (nSPS) is 10.9. The first-order valence-corrected chi connectivity index (χ1v) is 8.33. The maximum Gasteiger partial charge on any atom is 0.248 e. The maximum atomic E-state index is 11.8. The molecule has 23 heavy (non-hydrogen) atoms. The van der Waals surface area contributed by atoms with Gasteiger partial charge < -0.3 is 10.6 Å². The molecule has 4 nitrogen and oxygen atoms in total. The smallest absolute Gasteiger partial charge is 0.248 e. The van der Waals surface area contributed by atoms with Gasteiger partial charge in [0.2, 0.25) is 11.8 Å². The van der Waals surface area contributed by atoms with Gasteiger partial charge in [0.15, 0.2) is 0 Å². The number of benzene rings is 1. The summed E-state index contributed by atoms with van der Waals surface area (Å²) in [6, 6.07) is 11.0. The number of amides is 2. The first-order chi connectivity index (χ1) is 11.0. The van der Waals surface area contributed by atoms with E-state index in [9.17, 15) is 9.59 Å². The van der Waals surface area contributed by atoms with Crippen LogP contribution in [0.3, 0.4) is 0 Å². The van der Waals surface area contributed by atoms with E-state index in [1.54, 1.807) is 41.7 Å². The molecule has 0 aliphatic rings. The van der Waals surface area contributed by atoms with E-state index in [2.05, 4.69) is 10.6 Å². The molecule has 2 N–H and O–H groups in total. The fourth-order valence-corrected chi connectivity index (χ4v) is 2.57. The minimum absolute atomic E-state index is 0.00401. The van der Waals surface area contributed by atoms with Gasteiger partial charge in [0.25, 0.3) is 0 Å². The SMILES string of the molecule is CC(C)CC(=O)Nc1ccc(NC(=O)/C=C/c2cccs2)cc1. The third kappa shape index (κ3) is 6.08. The molecule has 1 aromatic heterocycles. The van der Waals surface area contributed by atoms with Crippen molar-refractivity contribution in [2.24, 2.45) is 5.92 Å². The van der Waals surface area contributed by atoms with E-state index in [4.69, 9.17) is 0 Å². The molecule has 0 unspecified atom stereocenters. The summed E-state index contributed by atoms with van der Waals surface area (Å²) in [5.41, 5.74) is 1.41. The van der Waals surface area contributed by atoms with Crippen molar-refractivity contribution in [2.45, 2.75) is 20.3 Å². The van der Waals surface area contributed by atoms with Crippen molar-refractivity contribution in [3.8, 4) is 0 Å². The summed E-state index contributed by atoms with van der Waals surface area (Å²) in [7, 11) is 0. The van der Waals surface area contributed by atoms with Gasteiger partial charge >= 0.3 is 0 Å². The molecule has 0 atom stereocenters. The molecule has 1 heterocycles. The van der Waals surface area contributed by atoms with Gasteiger partial charge in [-0.2, -0.15) is 0 Å². The van der Waals surface area contributed by atoms with E-state index >= 15 is 0 Å². The molecule has 0 spiro atoms. The van der Waals surface area contributed by atoms with E-state index in [0.717, 1.165) is 10.6 Å². The molecular formula is C18H20N2O2S. The van der Waals surface area contributed by atoms with Crippen LogP contribution in [0.4, 0.5) is 11.4 Å². The number of nitrogens with one attached hydrogen (secondary N) is 2. The summed E-state index contributed by atoms with van der Waals surface area (Å²) in [6.07, 6.45) is 3.77. The fraction of sp³-hybridized carbons (Fsp3) is 0.222. The zero-order valence-electron chi connectivity index (χ0n) is 13.2. The first-order valence-electron chi connectivity index (χ1n) is 7.45. The number of thiophene rings is 1. The van der Waals surface area contributed by atoms with Crippen molar-refractivity contribution in [1.82, 2.24) is 0 Å². The molecule has 0 saturated carbocycles. The van der Waals surface area contributed by atoms with Gasteiger partial charge in [-0.1, -0.05) is 19.9 Å². The van der Waals surface area contributed by atoms with Crippen molar-refractivity contribution in [1.29, 1.82) is 0 Å². The third-order valence-corrected chi connectivity index (χ3v) is 3.81. The van der Waals surface area contributed by atoms with Gasteiger partial charge in [0, 0.05) is 28.7 Å². The van der Waals surface area contributed by atoms with Crippen LogP contribution in [0.25, 0.3) is 6.08 Å². The summed E-state index contributed by atoms with van der Waals surface area (Å²) in [6.45, 7) is 4.00. The summed E-state index contributed by atoms with van der Waals surface area (Å²) in [4.78, 5) is 24.6. The Labute approximate surface area is 140 Å². The second-order valence-corrected chi connectivity index (χ2v) is 6.54. The molecule has 2 amide bonds. The number of anilines is 2. The van der Waals surface area contributed by atoms with E-state index < -0.39 is 0 Å². The quantitative estimate of drug-likeness (QED) is 0.773. The molecule has 0 bridgehead atoms. The average molecular weight is 328 g/mol. The van der Waals surface area contributed by atoms with E-state index in [1.807, 2.05) is 31.4 Å². The third-order valence-electron chi connectivity index (χ3n) is 2.97. The topological polar surface area (TPSA) is 58.2 Å². The summed E-state index contributed by atoms with van der Waals surface area (Å²) in [5.74, 6) is 0.134. The lowest BCUT2D eigenvalue weighted by Gasteiger charge is -2.08. The molecule has 120 valence electrons. The molecule has 0 radical (unpaired) electrons. The molecule has 0 fully saturated rings. The Morgan fingerprint density at radius 1 is 1.09 bits per heavy atom. The van der Waals surface area contributed by atoms with Gasteiger partial charge in [0.05, 0.1) is 0 Å². The second-order valence-electron chi connectivity index (χ2n) is 5.56. The number of hydrogen-bond donors (Lipinski definition) is 2. The Kier molecular flexibility index (Phi) is 6.11. The Morgan fingerprint density at radius 2 is 1.74 bits per heavy atom. The predicted molar refractivity (Wildman–Crippen MR) is 96.5 cm³/mol. The van der Waals surface area contributed by atoms with E-state index in [-0.39, 0.29) is 11.8 Å². The van der Waals surface area contributed by atoms with Gasteiger partial charge in [-0.3, -0.25) is 9.59 Å². The molecule has 2 rings (SSSR count). The molecule has 0 aliphatic heterocycles. The Morgan fingerprint density at radius 3 is 2.30 bits per heavy atom. The lowest BCUT2D eigenvalue weighted by Crippen LogP contribution is -2.14. The van der Waals surface area contributed by atoms with Crippen molar-refractivity contribution in [3.63, 3.8) is 0 Å². The lowest BCUT2D eigenvalue weighted by atomic mass is 10.1. The van der Waals surface area contributed by atoms with Crippen molar-refractivity contribution >= 4 is 40.6 Å². The number of carbonyl (C=O) groups is 2. The highest BCUT2D eigenvalue weighted by Crippen LogP contribution is 2.15. The van der Waals surface area contributed by atoms with Crippen LogP contribution in [0.5, 0.6) is 0 Å². The highest BCUT2D eigenvalue weighted by Gasteiger charge is 2.05. The highest BCUT2D eigenvalue weighted by molar-refractivity contribution is 7.10. The van der Waals surface area contributed by atoms with Crippen LogP contribution >= 0.6 is 11.3 Å². The maximum absolute atomic E-state index is 11.8. The molecule has 2 aromatic rings. The van der Waals surface area contributed by atoms with E-state index in [0.29, 0.717) is 18.0 Å². The van der Waals surface area contributed by atoms with E-state index in [1.165, 1.54) is 6.08 Å². The molecule has 5 heteroatoms. The molecule has 1 aromatic carbocycles. The molecular weight excluding hydrogens is 308 g/mol. The van der Waals surface area contributed by atoms with Crippen LogP contribution in [-0.2, 0) is 9.59 Å². The number of rotatable bonds is 6. The van der Waals surface area contributed by atoms with Gasteiger partial charge in [-0.05, 0) is 47.7 Å². The second kappa shape index (κ2) is 8.29. The monoisotopic (exact) mass is 328 g/mol. The summed E-state index contributed by atoms with van der Waals surface area (Å²) in [5, 5.41) is 7.58. The largest absolute Gasteiger partial charge is 0.326 e. The molecule has 0 saturated heterocycles. The zero-order valence-corrected chi connectivity index (χ0v) is 14.0. The predicted octanol–water partition coefficient (Wildman–Crippen LogP) is 4.38. The average Bonchev–Trinajstić information content (AvgIpc) is 3.00. The van der Waals surface area contributed by atoms with Crippen molar-refractivity contribution in [3.05, 3.63) is 52.7 Å². The van der Waals surface area contributed by atoms with Crippen LogP contribution in [-0.4, -0.2) is 11.8 Å². The lowest BCUT2D eigenvalue weighted by molar-refractivity contribution is -0.117. The van der Waals surface area contributed by atoms with Crippen LogP contribution in [0.1, 0.15) is 25.1 Å². The van der Waals surface area contributed by atoms with Crippen molar-refractivity contribution in [2.75, 3.05) is 10.6 Å². The number of hydrogen-bond acceptors (Lipinski definition) is 3. The summed E-state index contributed by atoms with van der Waals surface area (Å²) < 4.78 is 0. The van der Waals surface area contributed by atoms with Crippen LogP contribution in [0.2, 0.25) is 0 Å². The van der Waals surface area contributed by atoms with Crippen LogP contribution < -0.4 is 10.6 Å². The number of carbonyl (C=O) groups excluding carboxylic acids is 2. The van der Waals surface area contributed by atoms with Crippen LogP contribution in [0.15, 0.2) is 47.9 Å². The Bertz CT molecular complexity index is 674.